The van der Waals surface area contributed by atoms with Gasteiger partial charge in [-0.1, -0.05) is 108 Å². The summed E-state index contributed by atoms with van der Waals surface area (Å²) in [5.74, 6) is 1.02. The minimum atomic E-state index is -0.162. The topological polar surface area (TPSA) is 52.6 Å². The summed E-state index contributed by atoms with van der Waals surface area (Å²) in [5.41, 5.74) is 0. The van der Waals surface area contributed by atoms with E-state index < -0.39 is 0 Å². The SMILES string of the molecule is CCOC(=O)CCSC1=C(SCCC(=O)OCC)SC(=CC=C2SC3=C(SCSC4=C(SCS3)SC(=CC=C3SC(CC)=C(CC)S3)S4)S2)S1. The summed E-state index contributed by atoms with van der Waals surface area (Å²) in [7, 11) is 0. The van der Waals surface area contributed by atoms with E-state index in [1.54, 1.807) is 47.0 Å². The van der Waals surface area contributed by atoms with Crippen molar-refractivity contribution >= 4 is 177 Å². The minimum Gasteiger partial charge on any atom is -0.466 e. The third-order valence-electron chi connectivity index (χ3n) is 6.22. The van der Waals surface area contributed by atoms with Crippen LogP contribution in [0.15, 0.2) is 76.5 Å². The highest BCUT2D eigenvalue weighted by Gasteiger charge is 2.28. The first kappa shape index (κ1) is 42.9. The highest BCUT2D eigenvalue weighted by Crippen LogP contribution is 2.64. The van der Waals surface area contributed by atoms with Crippen LogP contribution < -0.4 is 0 Å². The van der Waals surface area contributed by atoms with Crippen LogP contribution in [0.4, 0.5) is 0 Å². The molecule has 0 saturated carbocycles. The van der Waals surface area contributed by atoms with Gasteiger partial charge in [0, 0.05) is 25.9 Å². The average molecular weight is 934 g/mol. The fourth-order valence-corrected chi connectivity index (χ4v) is 24.7. The summed E-state index contributed by atoms with van der Waals surface area (Å²) in [5, 5.41) is 2.01. The molecule has 0 spiro atoms. The zero-order valence-electron chi connectivity index (χ0n) is 27.7. The first-order chi connectivity index (χ1) is 24.4. The zero-order chi connectivity index (χ0) is 35.3. The van der Waals surface area contributed by atoms with Crippen molar-refractivity contribution in [2.75, 3.05) is 34.9 Å². The largest absolute Gasteiger partial charge is 0.466 e. The fraction of sp³-hybridized carbons (Fsp3) is 0.438. The van der Waals surface area contributed by atoms with Gasteiger partial charge in [0.2, 0.25) is 0 Å². The van der Waals surface area contributed by atoms with Crippen LogP contribution >= 0.6 is 165 Å². The molecule has 5 aliphatic heterocycles. The van der Waals surface area contributed by atoms with Crippen LogP contribution in [-0.4, -0.2) is 46.8 Å². The Morgan fingerprint density at radius 1 is 0.540 bits per heavy atom. The van der Waals surface area contributed by atoms with Gasteiger partial charge in [0.25, 0.3) is 0 Å². The summed E-state index contributed by atoms with van der Waals surface area (Å²) in [4.78, 5) is 26.9. The van der Waals surface area contributed by atoms with Gasteiger partial charge < -0.3 is 9.47 Å². The van der Waals surface area contributed by atoms with Gasteiger partial charge in [-0.15, -0.1) is 70.6 Å². The smallest absolute Gasteiger partial charge is 0.306 e. The quantitative estimate of drug-likeness (QED) is 0.155. The average Bonchev–Trinajstić information content (AvgIpc) is 3.89. The van der Waals surface area contributed by atoms with E-state index in [4.69, 9.17) is 9.47 Å². The van der Waals surface area contributed by atoms with Crippen molar-refractivity contribution in [3.63, 3.8) is 0 Å². The Morgan fingerprint density at radius 2 is 0.880 bits per heavy atom. The molecule has 0 bridgehead atoms. The Hall–Kier alpha value is 1.76. The number of thioether (sulfide) groups is 14. The lowest BCUT2D eigenvalue weighted by molar-refractivity contribution is -0.143. The second-order valence-electron chi connectivity index (χ2n) is 9.66. The molecule has 0 aromatic heterocycles. The Morgan fingerprint density at radius 3 is 1.22 bits per heavy atom. The second kappa shape index (κ2) is 23.1. The first-order valence-corrected chi connectivity index (χ1v) is 28.1. The minimum absolute atomic E-state index is 0.162. The lowest BCUT2D eigenvalue weighted by Gasteiger charge is -2.09. The normalized spacial score (nSPS) is 19.8. The number of esters is 2. The van der Waals surface area contributed by atoms with Gasteiger partial charge >= 0.3 is 11.9 Å². The molecular weight excluding hydrogens is 897 g/mol. The molecule has 272 valence electrons. The van der Waals surface area contributed by atoms with Gasteiger partial charge in [0.05, 0.1) is 64.2 Å². The summed E-state index contributed by atoms with van der Waals surface area (Å²) < 4.78 is 23.6. The molecule has 0 amide bonds. The Bertz CT molecular complexity index is 1460. The van der Waals surface area contributed by atoms with E-state index in [0.29, 0.717) is 37.6 Å². The van der Waals surface area contributed by atoms with Gasteiger partial charge in [0.1, 0.15) is 0 Å². The number of carbonyl (C=O) groups is 2. The molecule has 0 saturated heterocycles. The molecule has 0 fully saturated rings. The maximum atomic E-state index is 11.9. The monoisotopic (exact) mass is 932 g/mol. The van der Waals surface area contributed by atoms with E-state index in [0.717, 1.165) is 23.0 Å². The predicted octanol–water partition coefficient (Wildman–Crippen LogP) is 14.9. The van der Waals surface area contributed by atoms with E-state index in [1.807, 2.05) is 131 Å². The molecule has 0 aliphatic carbocycles. The Labute approximate surface area is 356 Å². The molecule has 5 aliphatic rings. The number of hydrogen-bond donors (Lipinski definition) is 0. The van der Waals surface area contributed by atoms with E-state index in [-0.39, 0.29) is 11.9 Å². The predicted molar refractivity (Wildman–Crippen MR) is 249 cm³/mol. The number of ether oxygens (including phenoxy) is 2. The molecule has 5 rings (SSSR count). The zero-order valence-corrected chi connectivity index (χ0v) is 39.2. The van der Waals surface area contributed by atoms with Crippen LogP contribution in [0.2, 0.25) is 0 Å². The van der Waals surface area contributed by atoms with Crippen LogP contribution in [0.25, 0.3) is 0 Å². The van der Waals surface area contributed by atoms with Crippen molar-refractivity contribution in [1.29, 1.82) is 0 Å². The number of hydrogen-bond acceptors (Lipinski definition) is 18. The van der Waals surface area contributed by atoms with Gasteiger partial charge in [-0.3, -0.25) is 9.59 Å². The standard InChI is InChI=1S/C32H36O4S14/c1-5-19-20(6-2)44-23(43-19)9-10-25-47-29-30(48-25)40-18-42-32-31(41-17-39-29)49-26(50-32)12-11-24-45-27(37-15-13-21(33)35-7-3)28(46-24)38-16-14-22(34)36-8-4/h9-12H,5-8,13-18H2,1-4H3. The number of rotatable bonds is 14. The molecule has 0 radical (unpaired) electrons. The second-order valence-corrected chi connectivity index (χ2v) is 27.7. The summed E-state index contributed by atoms with van der Waals surface area (Å²) in [6.45, 7) is 8.99. The van der Waals surface area contributed by atoms with Crippen molar-refractivity contribution in [2.24, 2.45) is 0 Å². The van der Waals surface area contributed by atoms with Gasteiger partial charge in [-0.05, 0) is 60.8 Å². The van der Waals surface area contributed by atoms with E-state index in [2.05, 4.69) is 38.2 Å². The van der Waals surface area contributed by atoms with Gasteiger partial charge in [-0.2, -0.15) is 0 Å². The van der Waals surface area contributed by atoms with Gasteiger partial charge in [0.15, 0.2) is 0 Å². The molecule has 0 aromatic rings. The maximum Gasteiger partial charge on any atom is 0.306 e. The van der Waals surface area contributed by atoms with E-state index >= 15 is 0 Å². The highest BCUT2D eigenvalue weighted by atomic mass is 32.3. The third kappa shape index (κ3) is 13.5. The van der Waals surface area contributed by atoms with E-state index in [1.165, 1.54) is 52.2 Å². The number of carbonyl (C=O) groups excluding carboxylic acids is 2. The van der Waals surface area contributed by atoms with Crippen LogP contribution in [0.3, 0.4) is 0 Å². The van der Waals surface area contributed by atoms with E-state index in [9.17, 15) is 9.59 Å². The lowest BCUT2D eigenvalue weighted by atomic mass is 10.3. The molecule has 0 atom stereocenters. The molecule has 0 aromatic carbocycles. The molecule has 4 nitrogen and oxygen atoms in total. The molecule has 0 unspecified atom stereocenters. The molecular formula is C32H36O4S14. The van der Waals surface area contributed by atoms with Gasteiger partial charge in [-0.25, -0.2) is 0 Å². The van der Waals surface area contributed by atoms with Crippen LogP contribution in [-0.2, 0) is 19.1 Å². The lowest BCUT2D eigenvalue weighted by Crippen LogP contribution is -2.04. The third-order valence-corrected chi connectivity index (χ3v) is 25.6. The van der Waals surface area contributed by atoms with Crippen molar-refractivity contribution in [1.82, 2.24) is 0 Å². The van der Waals surface area contributed by atoms with Crippen molar-refractivity contribution in [2.45, 2.75) is 53.4 Å². The van der Waals surface area contributed by atoms with Crippen LogP contribution in [0, 0.1) is 0 Å². The summed E-state index contributed by atoms with van der Waals surface area (Å²) in [6.07, 6.45) is 12.1. The molecule has 5 heterocycles. The summed E-state index contributed by atoms with van der Waals surface area (Å²) in [6, 6.07) is 0. The fourth-order valence-electron chi connectivity index (χ4n) is 4.04. The molecule has 0 N–H and O–H groups in total. The van der Waals surface area contributed by atoms with Crippen LogP contribution in [0.5, 0.6) is 0 Å². The maximum absolute atomic E-state index is 11.9. The number of allylic oxidation sites excluding steroid dienone is 6. The highest BCUT2D eigenvalue weighted by molar-refractivity contribution is 8.46. The van der Waals surface area contributed by atoms with Crippen molar-refractivity contribution < 1.29 is 19.1 Å². The van der Waals surface area contributed by atoms with Crippen LogP contribution in [0.1, 0.15) is 53.4 Å². The van der Waals surface area contributed by atoms with Crippen molar-refractivity contribution in [3.8, 4) is 0 Å². The first-order valence-electron chi connectivity index (χ1n) is 15.7. The molecule has 18 heteroatoms. The summed E-state index contributed by atoms with van der Waals surface area (Å²) >= 11 is 26.3. The Kier molecular flexibility index (Phi) is 19.8. The Balaban J connectivity index is 1.12. The van der Waals surface area contributed by atoms with Crippen molar-refractivity contribution in [3.05, 3.63) is 76.5 Å². The molecule has 50 heavy (non-hydrogen) atoms.